The second-order valence-electron chi connectivity index (χ2n) is 3.47. The maximum atomic E-state index is 11.6. The zero-order valence-corrected chi connectivity index (χ0v) is 8.73. The van der Waals surface area contributed by atoms with Crippen molar-refractivity contribution in [3.8, 4) is 5.75 Å². The van der Waals surface area contributed by atoms with Crippen molar-refractivity contribution < 1.29 is 9.53 Å². The van der Waals surface area contributed by atoms with Gasteiger partial charge >= 0.3 is 6.09 Å². The summed E-state index contributed by atoms with van der Waals surface area (Å²) in [5.41, 5.74) is -0.397. The van der Waals surface area contributed by atoms with E-state index in [4.69, 9.17) is 4.74 Å². The van der Waals surface area contributed by atoms with E-state index in [1.54, 1.807) is 11.0 Å². The summed E-state index contributed by atoms with van der Waals surface area (Å²) >= 11 is 0. The Morgan fingerprint density at radius 1 is 1.38 bits per heavy atom. The first-order valence-corrected chi connectivity index (χ1v) is 5.12. The fourth-order valence-electron chi connectivity index (χ4n) is 1.49. The zero-order valence-electron chi connectivity index (χ0n) is 8.73. The summed E-state index contributed by atoms with van der Waals surface area (Å²) in [6.07, 6.45) is 1.02. The molecule has 1 aliphatic heterocycles. The Bertz CT molecular complexity index is 423. The summed E-state index contributed by atoms with van der Waals surface area (Å²) in [6.45, 7) is 2.70. The van der Waals surface area contributed by atoms with Crippen LogP contribution in [0.25, 0.3) is 0 Å². The van der Waals surface area contributed by atoms with Crippen LogP contribution in [0.1, 0.15) is 0 Å². The molecule has 0 aliphatic carbocycles. The Kier molecular flexibility index (Phi) is 3.21. The van der Waals surface area contributed by atoms with Crippen molar-refractivity contribution in [3.05, 3.63) is 28.7 Å². The van der Waals surface area contributed by atoms with Crippen LogP contribution in [-0.2, 0) is 0 Å². The van der Waals surface area contributed by atoms with Crippen molar-refractivity contribution in [3.63, 3.8) is 0 Å². The minimum atomic E-state index is -0.474. The molecular weight excluding hydrogens is 210 g/mol. The molecule has 1 fully saturated rings. The quantitative estimate of drug-likeness (QED) is 0.690. The van der Waals surface area contributed by atoms with E-state index in [0.717, 1.165) is 13.1 Å². The minimum absolute atomic E-state index is 0.0334. The smallest absolute Gasteiger partial charge is 0.404 e. The molecule has 2 N–H and O–H groups in total. The topological polar surface area (TPSA) is 74.4 Å². The standard InChI is InChI=1S/C10H13N3O3/c14-9-8(2-1-3-12-9)16-10(15)13-6-4-11-5-7-13/h1-3,11H,4-7H2,(H,12,14). The Morgan fingerprint density at radius 3 is 2.81 bits per heavy atom. The van der Waals surface area contributed by atoms with Gasteiger partial charge in [-0.25, -0.2) is 4.79 Å². The van der Waals surface area contributed by atoms with Crippen LogP contribution in [0.4, 0.5) is 4.79 Å². The summed E-state index contributed by atoms with van der Waals surface area (Å²) in [5.74, 6) is 0.0334. The molecule has 1 aromatic heterocycles. The lowest BCUT2D eigenvalue weighted by molar-refractivity contribution is 0.145. The van der Waals surface area contributed by atoms with Crippen molar-refractivity contribution in [1.29, 1.82) is 0 Å². The molecule has 1 aromatic rings. The van der Waals surface area contributed by atoms with Crippen LogP contribution in [0, 0.1) is 0 Å². The second-order valence-corrected chi connectivity index (χ2v) is 3.47. The number of H-pyrrole nitrogens is 1. The number of carbonyl (C=O) groups is 1. The van der Waals surface area contributed by atoms with Crippen LogP contribution in [0.3, 0.4) is 0 Å². The fourth-order valence-corrected chi connectivity index (χ4v) is 1.49. The molecule has 0 radical (unpaired) electrons. The van der Waals surface area contributed by atoms with Gasteiger partial charge in [0.15, 0.2) is 5.75 Å². The van der Waals surface area contributed by atoms with Crippen molar-refractivity contribution in [2.75, 3.05) is 26.2 Å². The third-order valence-electron chi connectivity index (χ3n) is 2.35. The van der Waals surface area contributed by atoms with E-state index >= 15 is 0 Å². The van der Waals surface area contributed by atoms with E-state index < -0.39 is 11.7 Å². The molecule has 6 heteroatoms. The van der Waals surface area contributed by atoms with Gasteiger partial charge in [-0.05, 0) is 12.1 Å². The first-order valence-electron chi connectivity index (χ1n) is 5.12. The number of rotatable bonds is 1. The van der Waals surface area contributed by atoms with E-state index in [1.165, 1.54) is 12.3 Å². The number of carbonyl (C=O) groups excluding carboxylic acids is 1. The lowest BCUT2D eigenvalue weighted by Gasteiger charge is -2.26. The summed E-state index contributed by atoms with van der Waals surface area (Å²) in [5, 5.41) is 3.13. The number of hydrogen-bond donors (Lipinski definition) is 2. The minimum Gasteiger partial charge on any atom is -0.404 e. The number of pyridine rings is 1. The average Bonchev–Trinajstić information content (AvgIpc) is 2.33. The molecule has 1 aliphatic rings. The third-order valence-corrected chi connectivity index (χ3v) is 2.35. The highest BCUT2D eigenvalue weighted by Crippen LogP contribution is 2.04. The summed E-state index contributed by atoms with van der Waals surface area (Å²) < 4.78 is 5.00. The Hall–Kier alpha value is -1.82. The van der Waals surface area contributed by atoms with Crippen LogP contribution < -0.4 is 15.6 Å². The van der Waals surface area contributed by atoms with E-state index in [0.29, 0.717) is 13.1 Å². The molecule has 0 saturated carbocycles. The number of hydrogen-bond acceptors (Lipinski definition) is 4. The SMILES string of the molecule is O=C(Oc1ccc[nH]c1=O)N1CCNCC1. The van der Waals surface area contributed by atoms with E-state index in [1.807, 2.05) is 0 Å². The highest BCUT2D eigenvalue weighted by Gasteiger charge is 2.18. The summed E-state index contributed by atoms with van der Waals surface area (Å²) in [6, 6.07) is 3.08. The van der Waals surface area contributed by atoms with Gasteiger partial charge in [-0.2, -0.15) is 0 Å². The highest BCUT2D eigenvalue weighted by molar-refractivity contribution is 5.70. The predicted molar refractivity (Wildman–Crippen MR) is 57.5 cm³/mol. The summed E-state index contributed by atoms with van der Waals surface area (Å²) in [4.78, 5) is 26.9. The van der Waals surface area contributed by atoms with Gasteiger partial charge in [-0.1, -0.05) is 0 Å². The number of ether oxygens (including phenoxy) is 1. The van der Waals surface area contributed by atoms with E-state index in [-0.39, 0.29) is 5.75 Å². The number of amides is 1. The molecule has 2 rings (SSSR count). The van der Waals surface area contributed by atoms with Gasteiger partial charge in [0.25, 0.3) is 5.56 Å². The lowest BCUT2D eigenvalue weighted by atomic mass is 10.4. The van der Waals surface area contributed by atoms with Gasteiger partial charge in [0.05, 0.1) is 0 Å². The third kappa shape index (κ3) is 2.40. The molecule has 0 unspecified atom stereocenters. The predicted octanol–water partition coefficient (Wildman–Crippen LogP) is -0.221. The Labute approximate surface area is 92.2 Å². The van der Waals surface area contributed by atoms with Crippen LogP contribution >= 0.6 is 0 Å². The number of piperazine rings is 1. The first kappa shape index (κ1) is 10.7. The van der Waals surface area contributed by atoms with Crippen molar-refractivity contribution in [1.82, 2.24) is 15.2 Å². The number of aromatic nitrogens is 1. The van der Waals surface area contributed by atoms with Crippen molar-refractivity contribution in [2.45, 2.75) is 0 Å². The lowest BCUT2D eigenvalue weighted by Crippen LogP contribution is -2.47. The van der Waals surface area contributed by atoms with E-state index in [9.17, 15) is 9.59 Å². The molecule has 0 spiro atoms. The van der Waals surface area contributed by atoms with E-state index in [2.05, 4.69) is 10.3 Å². The molecule has 1 saturated heterocycles. The molecule has 0 bridgehead atoms. The fraction of sp³-hybridized carbons (Fsp3) is 0.400. The molecule has 1 amide bonds. The van der Waals surface area contributed by atoms with Crippen LogP contribution in [0.5, 0.6) is 5.75 Å². The van der Waals surface area contributed by atoms with Gasteiger partial charge in [0.1, 0.15) is 0 Å². The van der Waals surface area contributed by atoms with Crippen molar-refractivity contribution in [2.24, 2.45) is 0 Å². The average molecular weight is 223 g/mol. The first-order chi connectivity index (χ1) is 7.77. The molecule has 0 atom stereocenters. The highest BCUT2D eigenvalue weighted by atomic mass is 16.6. The maximum absolute atomic E-state index is 11.6. The largest absolute Gasteiger partial charge is 0.415 e. The van der Waals surface area contributed by atoms with Crippen LogP contribution in [0.2, 0.25) is 0 Å². The molecule has 2 heterocycles. The molecule has 6 nitrogen and oxygen atoms in total. The monoisotopic (exact) mass is 223 g/mol. The van der Waals surface area contributed by atoms with Gasteiger partial charge in [0.2, 0.25) is 0 Å². The maximum Gasteiger partial charge on any atom is 0.415 e. The van der Waals surface area contributed by atoms with Crippen LogP contribution in [-0.4, -0.2) is 42.2 Å². The van der Waals surface area contributed by atoms with Crippen molar-refractivity contribution >= 4 is 6.09 Å². The Morgan fingerprint density at radius 2 is 2.12 bits per heavy atom. The number of nitrogens with zero attached hydrogens (tertiary/aromatic N) is 1. The van der Waals surface area contributed by atoms with Crippen LogP contribution in [0.15, 0.2) is 23.1 Å². The zero-order chi connectivity index (χ0) is 11.4. The van der Waals surface area contributed by atoms with Gasteiger partial charge in [0, 0.05) is 32.4 Å². The summed E-state index contributed by atoms with van der Waals surface area (Å²) in [7, 11) is 0. The molecule has 0 aromatic carbocycles. The van der Waals surface area contributed by atoms with Gasteiger partial charge in [-0.15, -0.1) is 0 Å². The molecular formula is C10H13N3O3. The molecule has 86 valence electrons. The normalized spacial score (nSPS) is 15.9. The van der Waals surface area contributed by atoms with Gasteiger partial charge < -0.3 is 19.9 Å². The number of aromatic amines is 1. The second kappa shape index (κ2) is 4.80. The molecule has 16 heavy (non-hydrogen) atoms. The Balaban J connectivity index is 2.01. The van der Waals surface area contributed by atoms with Gasteiger partial charge in [-0.3, -0.25) is 4.79 Å². The number of nitrogens with one attached hydrogen (secondary N) is 2.